The number of halogens is 1. The fourth-order valence-corrected chi connectivity index (χ4v) is 3.24. The third-order valence-electron chi connectivity index (χ3n) is 4.78. The second-order valence-corrected chi connectivity index (χ2v) is 7.75. The van der Waals surface area contributed by atoms with Gasteiger partial charge in [-0.2, -0.15) is 4.98 Å². The summed E-state index contributed by atoms with van der Waals surface area (Å²) in [5.41, 5.74) is 1.12. The predicted molar refractivity (Wildman–Crippen MR) is 101 cm³/mol. The Morgan fingerprint density at radius 1 is 1.27 bits per heavy atom. The van der Waals surface area contributed by atoms with Crippen LogP contribution in [-0.2, 0) is 11.2 Å². The van der Waals surface area contributed by atoms with Crippen LogP contribution in [0.5, 0.6) is 0 Å². The summed E-state index contributed by atoms with van der Waals surface area (Å²) >= 11 is 5.98. The molecule has 1 fully saturated rings. The van der Waals surface area contributed by atoms with E-state index >= 15 is 0 Å². The minimum absolute atomic E-state index is 0.0585. The van der Waals surface area contributed by atoms with E-state index in [0.717, 1.165) is 30.7 Å². The lowest BCUT2D eigenvalue weighted by Crippen LogP contribution is -2.35. The van der Waals surface area contributed by atoms with Crippen molar-refractivity contribution in [3.63, 3.8) is 0 Å². The average molecular weight is 376 g/mol. The Kier molecular flexibility index (Phi) is 5.97. The van der Waals surface area contributed by atoms with E-state index in [-0.39, 0.29) is 17.9 Å². The van der Waals surface area contributed by atoms with Crippen LogP contribution in [0, 0.1) is 0 Å². The van der Waals surface area contributed by atoms with Crippen molar-refractivity contribution < 1.29 is 9.32 Å². The molecule has 140 valence electrons. The van der Waals surface area contributed by atoms with Gasteiger partial charge in [0.2, 0.25) is 11.8 Å². The molecule has 1 aliphatic carbocycles. The summed E-state index contributed by atoms with van der Waals surface area (Å²) in [4.78, 5) is 19.3. The zero-order valence-electron chi connectivity index (χ0n) is 15.6. The summed E-state index contributed by atoms with van der Waals surface area (Å²) in [7, 11) is 0. The maximum atomic E-state index is 12.8. The van der Waals surface area contributed by atoms with E-state index in [1.807, 2.05) is 43.0 Å². The van der Waals surface area contributed by atoms with Crippen LogP contribution in [0.25, 0.3) is 0 Å². The molecule has 1 saturated carbocycles. The Morgan fingerprint density at radius 2 is 1.96 bits per heavy atom. The molecule has 26 heavy (non-hydrogen) atoms. The number of nitrogens with zero attached hydrogens (tertiary/aromatic N) is 3. The molecule has 1 aromatic heterocycles. The molecular formula is C20H26ClN3O2. The van der Waals surface area contributed by atoms with Crippen LogP contribution in [0.3, 0.4) is 0 Å². The highest BCUT2D eigenvalue weighted by Crippen LogP contribution is 2.35. The van der Waals surface area contributed by atoms with E-state index in [1.165, 1.54) is 0 Å². The van der Waals surface area contributed by atoms with Gasteiger partial charge in [-0.25, -0.2) is 0 Å². The average Bonchev–Trinajstić information content (AvgIpc) is 3.31. The SMILES string of the molecule is CC(C)c1noc(CCCC(=O)N(C2CC2)C(C)c2ccc(Cl)cc2)n1. The largest absolute Gasteiger partial charge is 0.339 e. The van der Waals surface area contributed by atoms with Gasteiger partial charge in [0.1, 0.15) is 0 Å². The first-order valence-electron chi connectivity index (χ1n) is 9.35. The quantitative estimate of drug-likeness (QED) is 0.656. The van der Waals surface area contributed by atoms with E-state index in [1.54, 1.807) is 0 Å². The molecule has 1 amide bonds. The first-order valence-corrected chi connectivity index (χ1v) is 9.72. The Bertz CT molecular complexity index is 738. The van der Waals surface area contributed by atoms with Crippen LogP contribution < -0.4 is 0 Å². The van der Waals surface area contributed by atoms with Crippen LogP contribution in [0.2, 0.25) is 5.02 Å². The van der Waals surface area contributed by atoms with Gasteiger partial charge < -0.3 is 9.42 Å². The molecule has 0 radical (unpaired) electrons. The van der Waals surface area contributed by atoms with Crippen LogP contribution in [-0.4, -0.2) is 27.0 Å². The van der Waals surface area contributed by atoms with Gasteiger partial charge in [0.15, 0.2) is 5.82 Å². The fraction of sp³-hybridized carbons (Fsp3) is 0.550. The lowest BCUT2D eigenvalue weighted by molar-refractivity contribution is -0.134. The minimum atomic E-state index is 0.0585. The summed E-state index contributed by atoms with van der Waals surface area (Å²) in [5, 5.41) is 4.68. The number of aryl methyl sites for hydroxylation is 1. The summed E-state index contributed by atoms with van der Waals surface area (Å²) in [6.45, 7) is 6.15. The lowest BCUT2D eigenvalue weighted by Gasteiger charge is -2.30. The van der Waals surface area contributed by atoms with Crippen molar-refractivity contribution in [3.05, 3.63) is 46.6 Å². The number of benzene rings is 1. The molecule has 0 aliphatic heterocycles. The summed E-state index contributed by atoms with van der Waals surface area (Å²) in [6, 6.07) is 8.19. The van der Waals surface area contributed by atoms with Gasteiger partial charge in [0.25, 0.3) is 0 Å². The minimum Gasteiger partial charge on any atom is -0.339 e. The summed E-state index contributed by atoms with van der Waals surface area (Å²) in [5.74, 6) is 1.78. The maximum absolute atomic E-state index is 12.8. The van der Waals surface area contributed by atoms with Gasteiger partial charge in [-0.3, -0.25) is 4.79 Å². The van der Waals surface area contributed by atoms with Gasteiger partial charge in [0.05, 0.1) is 6.04 Å². The van der Waals surface area contributed by atoms with Gasteiger partial charge in [0, 0.05) is 29.8 Å². The summed E-state index contributed by atoms with van der Waals surface area (Å²) < 4.78 is 5.26. The molecule has 1 unspecified atom stereocenters. The molecular weight excluding hydrogens is 350 g/mol. The van der Waals surface area contributed by atoms with Crippen LogP contribution in [0.1, 0.15) is 75.7 Å². The maximum Gasteiger partial charge on any atom is 0.226 e. The molecule has 3 rings (SSSR count). The van der Waals surface area contributed by atoms with E-state index < -0.39 is 0 Å². The van der Waals surface area contributed by atoms with Crippen molar-refractivity contribution in [2.75, 3.05) is 0 Å². The van der Waals surface area contributed by atoms with Crippen LogP contribution in [0.15, 0.2) is 28.8 Å². The molecule has 0 N–H and O–H groups in total. The highest BCUT2D eigenvalue weighted by Gasteiger charge is 2.35. The number of hydrogen-bond donors (Lipinski definition) is 0. The molecule has 1 heterocycles. The third kappa shape index (κ3) is 4.64. The molecule has 6 heteroatoms. The Hall–Kier alpha value is -1.88. The number of amides is 1. The van der Waals surface area contributed by atoms with Crippen LogP contribution in [0.4, 0.5) is 0 Å². The second-order valence-electron chi connectivity index (χ2n) is 7.31. The standard InChI is InChI=1S/C20H26ClN3O2/c1-13(2)20-22-18(26-23-20)5-4-6-19(25)24(17-11-12-17)14(3)15-7-9-16(21)10-8-15/h7-10,13-14,17H,4-6,11-12H2,1-3H3. The van der Waals surface area contributed by atoms with E-state index in [2.05, 4.69) is 17.1 Å². The highest BCUT2D eigenvalue weighted by atomic mass is 35.5. The number of carbonyl (C=O) groups excluding carboxylic acids is 1. The number of rotatable bonds is 8. The number of carbonyl (C=O) groups is 1. The fourth-order valence-electron chi connectivity index (χ4n) is 3.11. The van der Waals surface area contributed by atoms with Crippen molar-refractivity contribution in [1.82, 2.24) is 15.0 Å². The molecule has 2 aromatic rings. The normalized spacial score (nSPS) is 15.3. The summed E-state index contributed by atoms with van der Waals surface area (Å²) in [6.07, 6.45) is 4.03. The lowest BCUT2D eigenvalue weighted by atomic mass is 10.1. The number of aromatic nitrogens is 2. The zero-order valence-corrected chi connectivity index (χ0v) is 16.4. The zero-order chi connectivity index (χ0) is 18.7. The Morgan fingerprint density at radius 3 is 2.54 bits per heavy atom. The van der Waals surface area contributed by atoms with Gasteiger partial charge in [-0.1, -0.05) is 42.7 Å². The first-order chi connectivity index (χ1) is 12.5. The van der Waals surface area contributed by atoms with Crippen LogP contribution >= 0.6 is 11.6 Å². The van der Waals surface area contributed by atoms with Gasteiger partial charge in [-0.05, 0) is 43.9 Å². The monoisotopic (exact) mass is 375 g/mol. The molecule has 1 aliphatic rings. The van der Waals surface area contributed by atoms with Gasteiger partial charge in [-0.15, -0.1) is 0 Å². The van der Waals surface area contributed by atoms with Crippen molar-refractivity contribution in [3.8, 4) is 0 Å². The van der Waals surface area contributed by atoms with Gasteiger partial charge >= 0.3 is 0 Å². The van der Waals surface area contributed by atoms with E-state index in [9.17, 15) is 4.79 Å². The third-order valence-corrected chi connectivity index (χ3v) is 5.03. The number of hydrogen-bond acceptors (Lipinski definition) is 4. The second kappa shape index (κ2) is 8.21. The van der Waals surface area contributed by atoms with E-state index in [0.29, 0.717) is 29.8 Å². The molecule has 0 bridgehead atoms. The Balaban J connectivity index is 1.57. The van der Waals surface area contributed by atoms with Crippen molar-refractivity contribution in [2.24, 2.45) is 0 Å². The first kappa shape index (κ1) is 18.9. The van der Waals surface area contributed by atoms with Crippen molar-refractivity contribution >= 4 is 17.5 Å². The Labute approximate surface area is 159 Å². The highest BCUT2D eigenvalue weighted by molar-refractivity contribution is 6.30. The molecule has 0 spiro atoms. The molecule has 1 atom stereocenters. The van der Waals surface area contributed by atoms with E-state index in [4.69, 9.17) is 16.1 Å². The topological polar surface area (TPSA) is 59.2 Å². The van der Waals surface area contributed by atoms with Crippen molar-refractivity contribution in [2.45, 2.75) is 70.9 Å². The molecule has 0 saturated heterocycles. The van der Waals surface area contributed by atoms with Crippen molar-refractivity contribution in [1.29, 1.82) is 0 Å². The predicted octanol–water partition coefficient (Wildman–Crippen LogP) is 4.92. The smallest absolute Gasteiger partial charge is 0.226 e. The molecule has 1 aromatic carbocycles. The molecule has 5 nitrogen and oxygen atoms in total.